The van der Waals surface area contributed by atoms with Gasteiger partial charge in [0.25, 0.3) is 0 Å². The molecule has 0 N–H and O–H groups in total. The van der Waals surface area contributed by atoms with Gasteiger partial charge in [-0.1, -0.05) is 54.1 Å². The van der Waals surface area contributed by atoms with E-state index in [1.54, 1.807) is 0 Å². The summed E-state index contributed by atoms with van der Waals surface area (Å²) in [5.41, 5.74) is 5.84. The zero-order valence-corrected chi connectivity index (χ0v) is 17.1. The van der Waals surface area contributed by atoms with Crippen LogP contribution in [0.5, 0.6) is 0 Å². The summed E-state index contributed by atoms with van der Waals surface area (Å²) in [6.45, 7) is 2.93. The molecule has 2 aromatic carbocycles. The van der Waals surface area contributed by atoms with Crippen LogP contribution in [-0.4, -0.2) is 5.78 Å². The molecule has 136 valence electrons. The summed E-state index contributed by atoms with van der Waals surface area (Å²) in [4.78, 5) is 12.9. The van der Waals surface area contributed by atoms with Gasteiger partial charge in [-0.2, -0.15) is 4.57 Å². The third kappa shape index (κ3) is 4.03. The lowest BCUT2D eigenvalue weighted by molar-refractivity contribution is -0.689. The number of aryl methyl sites for hydroxylation is 2. The second-order valence-electron chi connectivity index (χ2n) is 7.44. The number of fused-ring (bicyclic) bond motifs is 1. The van der Waals surface area contributed by atoms with Gasteiger partial charge in [-0.15, -0.1) is 0 Å². The van der Waals surface area contributed by atoms with E-state index in [1.165, 1.54) is 22.3 Å². The van der Waals surface area contributed by atoms with Crippen LogP contribution in [0.3, 0.4) is 0 Å². The van der Waals surface area contributed by atoms with Gasteiger partial charge >= 0.3 is 0 Å². The number of hydrogen-bond donors (Lipinski definition) is 0. The normalized spacial score (nSPS) is 16.2. The Morgan fingerprint density at radius 2 is 1.93 bits per heavy atom. The molecule has 3 heteroatoms. The molecule has 0 radical (unpaired) electrons. The number of rotatable bonds is 4. The molecule has 1 aromatic heterocycles. The standard InChI is InChI=1S/C24H23BrNO/c1-17-7-10-22-19(13-17)8-9-21(24(22)27)14-20-11-12-26(16-23(20)25)15-18-5-3-2-4-6-18/h2-7,10-13,16,21H,8-9,14-15H2,1H3/q+1. The number of carbonyl (C=O) groups excluding carboxylic acids is 1. The predicted molar refractivity (Wildman–Crippen MR) is 111 cm³/mol. The van der Waals surface area contributed by atoms with Gasteiger partial charge < -0.3 is 0 Å². The Hall–Kier alpha value is -2.26. The van der Waals surface area contributed by atoms with Crippen LogP contribution < -0.4 is 4.57 Å². The second-order valence-corrected chi connectivity index (χ2v) is 8.29. The first-order chi connectivity index (χ1) is 13.1. The lowest BCUT2D eigenvalue weighted by Crippen LogP contribution is -2.34. The van der Waals surface area contributed by atoms with Crippen molar-refractivity contribution in [2.24, 2.45) is 5.92 Å². The minimum absolute atomic E-state index is 0.0708. The summed E-state index contributed by atoms with van der Waals surface area (Å²) >= 11 is 3.72. The van der Waals surface area contributed by atoms with Gasteiger partial charge in [0, 0.05) is 23.1 Å². The number of hydrogen-bond acceptors (Lipinski definition) is 1. The minimum Gasteiger partial charge on any atom is -0.294 e. The van der Waals surface area contributed by atoms with Crippen molar-refractivity contribution in [3.05, 3.63) is 99.3 Å². The molecule has 27 heavy (non-hydrogen) atoms. The summed E-state index contributed by atoms with van der Waals surface area (Å²) in [5, 5.41) is 0. The van der Waals surface area contributed by atoms with Crippen LogP contribution >= 0.6 is 15.9 Å². The molecule has 1 atom stereocenters. The van der Waals surface area contributed by atoms with Crippen molar-refractivity contribution in [2.45, 2.75) is 32.7 Å². The molecule has 0 bridgehead atoms. The smallest absolute Gasteiger partial charge is 0.183 e. The van der Waals surface area contributed by atoms with Gasteiger partial charge in [-0.3, -0.25) is 4.79 Å². The third-order valence-corrected chi connectivity index (χ3v) is 6.10. The Morgan fingerprint density at radius 1 is 1.11 bits per heavy atom. The Bertz CT molecular complexity index is 981. The van der Waals surface area contributed by atoms with Crippen molar-refractivity contribution in [3.63, 3.8) is 0 Å². The van der Waals surface area contributed by atoms with Gasteiger partial charge in [0.05, 0.1) is 4.47 Å². The molecule has 0 amide bonds. The molecule has 0 spiro atoms. The average molecular weight is 421 g/mol. The number of aromatic nitrogens is 1. The van der Waals surface area contributed by atoms with Gasteiger partial charge in [-0.25, -0.2) is 0 Å². The summed E-state index contributed by atoms with van der Waals surface area (Å²) in [5.74, 6) is 0.366. The Kier molecular flexibility index (Phi) is 5.22. The van der Waals surface area contributed by atoms with Crippen LogP contribution in [0.4, 0.5) is 0 Å². The van der Waals surface area contributed by atoms with Crippen molar-refractivity contribution in [1.82, 2.24) is 0 Å². The van der Waals surface area contributed by atoms with Crippen LogP contribution in [0.25, 0.3) is 0 Å². The van der Waals surface area contributed by atoms with Crippen molar-refractivity contribution in [1.29, 1.82) is 0 Å². The highest BCUT2D eigenvalue weighted by molar-refractivity contribution is 9.10. The van der Waals surface area contributed by atoms with Crippen molar-refractivity contribution >= 4 is 21.7 Å². The Morgan fingerprint density at radius 3 is 2.70 bits per heavy atom. The van der Waals surface area contributed by atoms with Crippen LogP contribution in [0.1, 0.15) is 39.0 Å². The monoisotopic (exact) mass is 420 g/mol. The predicted octanol–water partition coefficient (Wildman–Crippen LogP) is 5.08. The molecule has 0 saturated heterocycles. The molecule has 1 aliphatic carbocycles. The lowest BCUT2D eigenvalue weighted by Gasteiger charge is -2.24. The van der Waals surface area contributed by atoms with Crippen LogP contribution in [0.15, 0.2) is 71.5 Å². The Balaban J connectivity index is 1.50. The van der Waals surface area contributed by atoms with Crippen LogP contribution in [0.2, 0.25) is 0 Å². The number of benzene rings is 2. The Labute approximate surface area is 169 Å². The minimum atomic E-state index is 0.0708. The zero-order valence-electron chi connectivity index (χ0n) is 15.5. The molecule has 0 fully saturated rings. The van der Waals surface area contributed by atoms with E-state index in [1.807, 2.05) is 18.2 Å². The molecule has 1 unspecified atom stereocenters. The van der Waals surface area contributed by atoms with Gasteiger partial charge in [0.15, 0.2) is 24.7 Å². The topological polar surface area (TPSA) is 20.9 Å². The average Bonchev–Trinajstić information content (AvgIpc) is 2.66. The van der Waals surface area contributed by atoms with E-state index in [0.717, 1.165) is 35.8 Å². The molecular weight excluding hydrogens is 398 g/mol. The van der Waals surface area contributed by atoms with E-state index in [-0.39, 0.29) is 5.92 Å². The number of Topliss-reactive ketones (excluding diaryl/α,β-unsaturated/α-hetero) is 1. The molecule has 3 aromatic rings. The second kappa shape index (κ2) is 7.77. The first kappa shape index (κ1) is 18.1. The molecular formula is C24H23BrNO+. The van der Waals surface area contributed by atoms with Crippen molar-refractivity contribution in [3.8, 4) is 0 Å². The van der Waals surface area contributed by atoms with E-state index in [4.69, 9.17) is 0 Å². The van der Waals surface area contributed by atoms with E-state index >= 15 is 0 Å². The summed E-state index contributed by atoms with van der Waals surface area (Å²) in [6.07, 6.45) is 6.94. The lowest BCUT2D eigenvalue weighted by atomic mass is 9.79. The number of nitrogens with zero attached hydrogens (tertiary/aromatic N) is 1. The van der Waals surface area contributed by atoms with Crippen molar-refractivity contribution in [2.75, 3.05) is 0 Å². The van der Waals surface area contributed by atoms with Crippen LogP contribution in [0, 0.1) is 12.8 Å². The van der Waals surface area contributed by atoms with Crippen molar-refractivity contribution < 1.29 is 9.36 Å². The molecule has 0 aliphatic heterocycles. The fourth-order valence-electron chi connectivity index (χ4n) is 3.91. The molecule has 2 nitrogen and oxygen atoms in total. The molecule has 4 rings (SSSR count). The SMILES string of the molecule is Cc1ccc2c(c1)CCC(Cc1cc[n+](Cc3ccccc3)cc1Br)C2=O. The maximum atomic E-state index is 12.9. The number of pyridine rings is 1. The van der Waals surface area contributed by atoms with E-state index in [2.05, 4.69) is 76.2 Å². The van der Waals surface area contributed by atoms with Gasteiger partial charge in [0.1, 0.15) is 0 Å². The van der Waals surface area contributed by atoms with Crippen LogP contribution in [-0.2, 0) is 19.4 Å². The maximum absolute atomic E-state index is 12.9. The molecule has 0 saturated carbocycles. The maximum Gasteiger partial charge on any atom is 0.183 e. The summed E-state index contributed by atoms with van der Waals surface area (Å²) in [6, 6.07) is 18.8. The highest BCUT2D eigenvalue weighted by Gasteiger charge is 2.28. The highest BCUT2D eigenvalue weighted by Crippen LogP contribution is 2.30. The number of halogens is 1. The van der Waals surface area contributed by atoms with Gasteiger partial charge in [0.2, 0.25) is 0 Å². The largest absolute Gasteiger partial charge is 0.294 e. The van der Waals surface area contributed by atoms with E-state index in [9.17, 15) is 4.79 Å². The zero-order chi connectivity index (χ0) is 18.8. The quantitative estimate of drug-likeness (QED) is 0.538. The molecule has 1 heterocycles. The number of ketones is 1. The van der Waals surface area contributed by atoms with E-state index < -0.39 is 0 Å². The van der Waals surface area contributed by atoms with E-state index in [0.29, 0.717) is 5.78 Å². The molecule has 1 aliphatic rings. The fraction of sp³-hybridized carbons (Fsp3) is 0.250. The summed E-state index contributed by atoms with van der Waals surface area (Å²) < 4.78 is 3.24. The van der Waals surface area contributed by atoms with Gasteiger partial charge in [-0.05, 0) is 53.2 Å². The third-order valence-electron chi connectivity index (χ3n) is 5.39. The number of carbonyl (C=O) groups is 1. The summed E-state index contributed by atoms with van der Waals surface area (Å²) in [7, 11) is 0. The first-order valence-electron chi connectivity index (χ1n) is 9.45. The highest BCUT2D eigenvalue weighted by atomic mass is 79.9. The first-order valence-corrected chi connectivity index (χ1v) is 10.2. The fourth-order valence-corrected chi connectivity index (χ4v) is 4.46.